The zero-order valence-electron chi connectivity index (χ0n) is 7.14. The van der Waals surface area contributed by atoms with Gasteiger partial charge in [-0.1, -0.05) is 30.3 Å². The van der Waals surface area contributed by atoms with Crippen molar-refractivity contribution in [2.24, 2.45) is 0 Å². The van der Waals surface area contributed by atoms with E-state index in [0.717, 1.165) is 0 Å². The third-order valence-electron chi connectivity index (χ3n) is 1.76. The van der Waals surface area contributed by atoms with Gasteiger partial charge in [0.05, 0.1) is 4.86 Å². The van der Waals surface area contributed by atoms with E-state index in [0.29, 0.717) is 5.56 Å². The highest BCUT2D eigenvalue weighted by Gasteiger charge is 2.10. The van der Waals surface area contributed by atoms with Gasteiger partial charge < -0.3 is 5.11 Å². The zero-order chi connectivity index (χ0) is 9.84. The number of rotatable bonds is 2. The molecule has 0 heterocycles. The molecule has 0 radical (unpaired) electrons. The Bertz CT molecular complexity index is 398. The molecule has 0 spiro atoms. The maximum atomic E-state index is 10.5. The predicted molar refractivity (Wildman–Crippen MR) is 51.0 cm³/mol. The summed E-state index contributed by atoms with van der Waals surface area (Å²) in [4.78, 5) is 0.0335. The molecule has 1 unspecified atom stereocenters. The molecular weight excluding hydrogens is 188 g/mol. The van der Waals surface area contributed by atoms with Crippen LogP contribution in [0.3, 0.4) is 0 Å². The van der Waals surface area contributed by atoms with Crippen molar-refractivity contribution in [1.82, 2.24) is 0 Å². The minimum atomic E-state index is -2.32. The van der Waals surface area contributed by atoms with Gasteiger partial charge in [0.1, 0.15) is 6.10 Å². The Morgan fingerprint density at radius 2 is 1.85 bits per heavy atom. The Hall–Kier alpha value is -1.13. The fraction of sp³-hybridized carbons (Fsp3) is 0.222. The van der Waals surface area contributed by atoms with Gasteiger partial charge in [-0.3, -0.25) is 0 Å². The summed E-state index contributed by atoms with van der Waals surface area (Å²) < 4.78 is 21.0. The average Bonchev–Trinajstić information content (AvgIpc) is 2.17. The molecule has 1 aromatic carbocycles. The van der Waals surface area contributed by atoms with Crippen LogP contribution in [0.25, 0.3) is 0 Å². The van der Waals surface area contributed by atoms with Gasteiger partial charge in [0, 0.05) is 0 Å². The summed E-state index contributed by atoms with van der Waals surface area (Å²) in [6.45, 7) is 1.39. The van der Waals surface area contributed by atoms with Gasteiger partial charge >= 0.3 is 0 Å². The fourth-order valence-electron chi connectivity index (χ4n) is 0.961. The summed E-state index contributed by atoms with van der Waals surface area (Å²) in [5.41, 5.74) is 0.587. The first-order valence-corrected chi connectivity index (χ1v) is 4.86. The molecule has 0 aliphatic carbocycles. The molecule has 1 rings (SSSR count). The van der Waals surface area contributed by atoms with Crippen molar-refractivity contribution in [2.45, 2.75) is 13.0 Å². The van der Waals surface area contributed by atoms with Crippen molar-refractivity contribution in [1.29, 1.82) is 0 Å². The van der Waals surface area contributed by atoms with Crippen molar-refractivity contribution in [3.63, 3.8) is 0 Å². The molecule has 0 bridgehead atoms. The van der Waals surface area contributed by atoms with Crippen LogP contribution in [-0.2, 0) is 10.3 Å². The van der Waals surface area contributed by atoms with Crippen molar-refractivity contribution in [2.75, 3.05) is 0 Å². The van der Waals surface area contributed by atoms with Gasteiger partial charge in [0.2, 0.25) is 10.3 Å². The topological polar surface area (TPSA) is 54.4 Å². The highest BCUT2D eigenvalue weighted by atomic mass is 32.2. The Kier molecular flexibility index (Phi) is 3.22. The second kappa shape index (κ2) is 4.20. The van der Waals surface area contributed by atoms with Gasteiger partial charge in [-0.2, -0.15) is 8.42 Å². The molecule has 4 heteroatoms. The molecule has 0 aliphatic heterocycles. The van der Waals surface area contributed by atoms with Crippen LogP contribution in [-0.4, -0.2) is 18.4 Å². The average molecular weight is 198 g/mol. The summed E-state index contributed by atoms with van der Waals surface area (Å²) in [5.74, 6) is 0. The summed E-state index contributed by atoms with van der Waals surface area (Å²) in [7, 11) is -2.32. The Labute approximate surface area is 78.2 Å². The van der Waals surface area contributed by atoms with Crippen LogP contribution in [0.2, 0.25) is 0 Å². The molecule has 0 fully saturated rings. The van der Waals surface area contributed by atoms with Crippen molar-refractivity contribution >= 4 is 15.2 Å². The van der Waals surface area contributed by atoms with Crippen LogP contribution in [0.5, 0.6) is 0 Å². The van der Waals surface area contributed by atoms with Gasteiger partial charge in [-0.25, -0.2) is 0 Å². The number of aliphatic hydroxyl groups is 1. The lowest BCUT2D eigenvalue weighted by molar-refractivity contribution is 0.249. The molecule has 0 aliphatic rings. The van der Waals surface area contributed by atoms with Crippen LogP contribution < -0.4 is 0 Å². The van der Waals surface area contributed by atoms with Gasteiger partial charge in [-0.15, -0.1) is 0 Å². The summed E-state index contributed by atoms with van der Waals surface area (Å²) in [6.07, 6.45) is -1.03. The third kappa shape index (κ3) is 2.40. The van der Waals surface area contributed by atoms with Crippen LogP contribution in [0.4, 0.5) is 0 Å². The minimum absolute atomic E-state index is 0.0335. The molecule has 70 valence electrons. The SMILES string of the molecule is CC(C(O)c1ccccc1)=S(=O)=O. The third-order valence-corrected chi connectivity index (χ3v) is 2.51. The number of benzene rings is 1. The quantitative estimate of drug-likeness (QED) is 0.715. The first-order chi connectivity index (χ1) is 6.13. The van der Waals surface area contributed by atoms with E-state index in [1.807, 2.05) is 0 Å². The normalized spacial score (nSPS) is 12.2. The van der Waals surface area contributed by atoms with E-state index in [-0.39, 0.29) is 4.86 Å². The highest BCUT2D eigenvalue weighted by Crippen LogP contribution is 2.12. The molecular formula is C9H10O3S. The van der Waals surface area contributed by atoms with E-state index >= 15 is 0 Å². The molecule has 1 atom stereocenters. The van der Waals surface area contributed by atoms with Gasteiger partial charge in [0.15, 0.2) is 0 Å². The van der Waals surface area contributed by atoms with Crippen LogP contribution in [0.1, 0.15) is 18.6 Å². The maximum Gasteiger partial charge on any atom is 0.215 e. The molecule has 1 aromatic rings. The van der Waals surface area contributed by atoms with E-state index in [4.69, 9.17) is 0 Å². The van der Waals surface area contributed by atoms with E-state index in [1.54, 1.807) is 30.3 Å². The number of hydrogen-bond donors (Lipinski definition) is 1. The zero-order valence-corrected chi connectivity index (χ0v) is 7.95. The second-order valence-corrected chi connectivity index (χ2v) is 3.77. The first kappa shape index (κ1) is 9.95. The molecule has 0 aromatic heterocycles. The lowest BCUT2D eigenvalue weighted by atomic mass is 10.1. The van der Waals surface area contributed by atoms with E-state index < -0.39 is 16.4 Å². The standard InChI is InChI=1S/C9H10O3S/c1-7(13(11)12)9(10)8-5-3-2-4-6-8/h2-6,9-10H,1H3. The molecule has 13 heavy (non-hydrogen) atoms. The molecule has 0 saturated heterocycles. The lowest BCUT2D eigenvalue weighted by Gasteiger charge is -2.06. The highest BCUT2D eigenvalue weighted by molar-refractivity contribution is 7.73. The van der Waals surface area contributed by atoms with Gasteiger partial charge in [-0.05, 0) is 12.5 Å². The van der Waals surface area contributed by atoms with Crippen molar-refractivity contribution in [3.8, 4) is 0 Å². The smallest absolute Gasteiger partial charge is 0.215 e. The summed E-state index contributed by atoms with van der Waals surface area (Å²) in [5, 5.41) is 9.53. The lowest BCUT2D eigenvalue weighted by Crippen LogP contribution is -2.08. The molecule has 1 N–H and O–H groups in total. The largest absolute Gasteiger partial charge is 0.383 e. The molecule has 3 nitrogen and oxygen atoms in total. The van der Waals surface area contributed by atoms with E-state index in [1.165, 1.54) is 6.92 Å². The predicted octanol–water partition coefficient (Wildman–Crippen LogP) is 0.791. The van der Waals surface area contributed by atoms with Crippen LogP contribution in [0.15, 0.2) is 30.3 Å². The molecule has 0 amide bonds. The maximum absolute atomic E-state index is 10.5. The van der Waals surface area contributed by atoms with E-state index in [9.17, 15) is 13.5 Å². The van der Waals surface area contributed by atoms with Gasteiger partial charge in [0.25, 0.3) is 0 Å². The van der Waals surface area contributed by atoms with Crippen LogP contribution in [0, 0.1) is 0 Å². The molecule has 0 saturated carbocycles. The Morgan fingerprint density at radius 3 is 2.31 bits per heavy atom. The number of aliphatic hydroxyl groups excluding tert-OH is 1. The summed E-state index contributed by atoms with van der Waals surface area (Å²) >= 11 is 0. The van der Waals surface area contributed by atoms with Crippen molar-refractivity contribution < 1.29 is 13.5 Å². The Morgan fingerprint density at radius 1 is 1.31 bits per heavy atom. The van der Waals surface area contributed by atoms with E-state index in [2.05, 4.69) is 0 Å². The minimum Gasteiger partial charge on any atom is -0.383 e. The fourth-order valence-corrected chi connectivity index (χ4v) is 1.28. The Balaban J connectivity index is 3.07. The van der Waals surface area contributed by atoms with Crippen LogP contribution >= 0.6 is 0 Å². The number of hydrogen-bond acceptors (Lipinski definition) is 3. The second-order valence-electron chi connectivity index (χ2n) is 2.66. The summed E-state index contributed by atoms with van der Waals surface area (Å²) in [6, 6.07) is 8.67. The monoisotopic (exact) mass is 198 g/mol. The first-order valence-electron chi connectivity index (χ1n) is 3.78. The van der Waals surface area contributed by atoms with Crippen molar-refractivity contribution in [3.05, 3.63) is 35.9 Å².